The number of carbonyl (C=O) groups excluding carboxylic acids is 1. The van der Waals surface area contributed by atoms with Crippen molar-refractivity contribution in [2.45, 2.75) is 52.5 Å². The highest BCUT2D eigenvalue weighted by molar-refractivity contribution is 7.18. The fourth-order valence-corrected chi connectivity index (χ4v) is 4.90. The number of ether oxygens (including phenoxy) is 1. The van der Waals surface area contributed by atoms with Crippen LogP contribution in [0.25, 0.3) is 10.2 Å². The molecule has 1 aliphatic carbocycles. The minimum Gasteiger partial charge on any atom is -0.426 e. The van der Waals surface area contributed by atoms with Crippen molar-refractivity contribution >= 4 is 27.5 Å². The summed E-state index contributed by atoms with van der Waals surface area (Å²) >= 11 is 1.64. The Labute approximate surface area is 161 Å². The number of benzene rings is 1. The fourth-order valence-electron chi connectivity index (χ4n) is 3.68. The molecule has 0 radical (unpaired) electrons. The summed E-state index contributed by atoms with van der Waals surface area (Å²) < 4.78 is 7.07. The minimum absolute atomic E-state index is 0.0423. The molecule has 2 aromatic heterocycles. The number of esters is 1. The maximum atomic E-state index is 12.9. The highest BCUT2D eigenvalue weighted by Gasteiger charge is 2.20. The molecule has 4 rings (SSSR count). The molecule has 0 unspecified atom stereocenters. The van der Waals surface area contributed by atoms with Crippen molar-refractivity contribution in [2.75, 3.05) is 0 Å². The SMILES string of the molecule is Cc1cccc(C)c1OC(=O)CCn1cnc2sc3c(c2c1=O)CCCC3. The first kappa shape index (κ1) is 17.9. The van der Waals surface area contributed by atoms with E-state index in [9.17, 15) is 9.59 Å². The molecule has 0 saturated heterocycles. The van der Waals surface area contributed by atoms with Crippen LogP contribution in [0.2, 0.25) is 0 Å². The van der Waals surface area contributed by atoms with E-state index in [0.717, 1.165) is 40.6 Å². The summed E-state index contributed by atoms with van der Waals surface area (Å²) in [6.07, 6.45) is 5.97. The fraction of sp³-hybridized carbons (Fsp3) is 0.381. The lowest BCUT2D eigenvalue weighted by molar-refractivity contribution is -0.134. The third kappa shape index (κ3) is 3.41. The van der Waals surface area contributed by atoms with Crippen LogP contribution in [0.3, 0.4) is 0 Å². The van der Waals surface area contributed by atoms with Gasteiger partial charge in [-0.1, -0.05) is 18.2 Å². The van der Waals surface area contributed by atoms with Gasteiger partial charge in [-0.05, 0) is 56.2 Å². The van der Waals surface area contributed by atoms with Crippen LogP contribution in [0.4, 0.5) is 0 Å². The van der Waals surface area contributed by atoms with Gasteiger partial charge in [-0.3, -0.25) is 14.2 Å². The molecule has 27 heavy (non-hydrogen) atoms. The number of thiophene rings is 1. The monoisotopic (exact) mass is 382 g/mol. The molecule has 0 spiro atoms. The number of para-hydroxylation sites is 1. The van der Waals surface area contributed by atoms with Gasteiger partial charge in [0.25, 0.3) is 5.56 Å². The summed E-state index contributed by atoms with van der Waals surface area (Å²) in [5, 5.41) is 0.750. The molecule has 3 aromatic rings. The van der Waals surface area contributed by atoms with E-state index in [1.165, 1.54) is 21.4 Å². The molecule has 1 aliphatic rings. The first-order valence-electron chi connectivity index (χ1n) is 9.31. The van der Waals surface area contributed by atoms with Gasteiger partial charge in [-0.25, -0.2) is 4.98 Å². The van der Waals surface area contributed by atoms with Gasteiger partial charge in [-0.2, -0.15) is 0 Å². The summed E-state index contributed by atoms with van der Waals surface area (Å²) in [7, 11) is 0. The maximum Gasteiger partial charge on any atom is 0.313 e. The molecule has 0 saturated carbocycles. The number of hydrogen-bond acceptors (Lipinski definition) is 5. The lowest BCUT2D eigenvalue weighted by Gasteiger charge is -2.11. The Hall–Kier alpha value is -2.47. The Morgan fingerprint density at radius 1 is 1.22 bits per heavy atom. The van der Waals surface area contributed by atoms with Gasteiger partial charge in [0, 0.05) is 11.4 Å². The second kappa shape index (κ2) is 7.27. The van der Waals surface area contributed by atoms with Crippen LogP contribution >= 0.6 is 11.3 Å². The molecule has 1 aromatic carbocycles. The van der Waals surface area contributed by atoms with Crippen molar-refractivity contribution in [3.05, 3.63) is 56.4 Å². The van der Waals surface area contributed by atoms with Crippen LogP contribution in [-0.4, -0.2) is 15.5 Å². The number of carbonyl (C=O) groups is 1. The molecule has 140 valence electrons. The molecule has 6 heteroatoms. The molecular weight excluding hydrogens is 360 g/mol. The Balaban J connectivity index is 1.53. The van der Waals surface area contributed by atoms with Crippen LogP contribution in [-0.2, 0) is 24.2 Å². The lowest BCUT2D eigenvalue weighted by atomic mass is 9.97. The van der Waals surface area contributed by atoms with Gasteiger partial charge in [0.05, 0.1) is 18.1 Å². The molecule has 2 heterocycles. The molecule has 0 aliphatic heterocycles. The second-order valence-corrected chi connectivity index (χ2v) is 8.16. The molecule has 5 nitrogen and oxygen atoms in total. The highest BCUT2D eigenvalue weighted by Crippen LogP contribution is 2.33. The molecule has 0 fully saturated rings. The molecule has 0 bridgehead atoms. The number of rotatable bonds is 4. The normalized spacial score (nSPS) is 13.6. The first-order valence-corrected chi connectivity index (χ1v) is 10.1. The van der Waals surface area contributed by atoms with Crippen molar-refractivity contribution in [3.63, 3.8) is 0 Å². The number of nitrogens with zero attached hydrogens (tertiary/aromatic N) is 2. The van der Waals surface area contributed by atoms with Crippen molar-refractivity contribution in [1.29, 1.82) is 0 Å². The maximum absolute atomic E-state index is 12.9. The molecule has 0 N–H and O–H groups in total. The predicted molar refractivity (Wildman–Crippen MR) is 107 cm³/mol. The summed E-state index contributed by atoms with van der Waals surface area (Å²) in [6.45, 7) is 4.10. The zero-order valence-corrected chi connectivity index (χ0v) is 16.4. The van der Waals surface area contributed by atoms with E-state index in [1.807, 2.05) is 32.0 Å². The van der Waals surface area contributed by atoms with Crippen molar-refractivity contribution in [3.8, 4) is 5.75 Å². The van der Waals surface area contributed by atoms with Gasteiger partial charge in [-0.15, -0.1) is 11.3 Å². The molecule has 0 atom stereocenters. The standard InChI is InChI=1S/C21H22N2O3S/c1-13-6-5-7-14(2)19(13)26-17(24)10-11-23-12-22-20-18(21(23)25)15-8-3-4-9-16(15)27-20/h5-7,12H,3-4,8-11H2,1-2H3. The van der Waals surface area contributed by atoms with Crippen LogP contribution in [0.15, 0.2) is 29.3 Å². The summed E-state index contributed by atoms with van der Waals surface area (Å²) in [5.41, 5.74) is 2.98. The molecular formula is C21H22N2O3S. The average Bonchev–Trinajstić information content (AvgIpc) is 3.03. The smallest absolute Gasteiger partial charge is 0.313 e. The highest BCUT2D eigenvalue weighted by atomic mass is 32.1. The molecule has 0 amide bonds. The van der Waals surface area contributed by atoms with Crippen LogP contribution in [0, 0.1) is 13.8 Å². The quantitative estimate of drug-likeness (QED) is 0.506. The number of hydrogen-bond donors (Lipinski definition) is 0. The van der Waals surface area contributed by atoms with Crippen LogP contribution < -0.4 is 10.3 Å². The van der Waals surface area contributed by atoms with Gasteiger partial charge >= 0.3 is 5.97 Å². The van der Waals surface area contributed by atoms with Crippen molar-refractivity contribution in [2.24, 2.45) is 0 Å². The Bertz CT molecular complexity index is 1060. The van der Waals surface area contributed by atoms with Gasteiger partial charge in [0.1, 0.15) is 10.6 Å². The van der Waals surface area contributed by atoms with E-state index in [1.54, 1.807) is 17.7 Å². The first-order chi connectivity index (χ1) is 13.0. The summed E-state index contributed by atoms with van der Waals surface area (Å²) in [4.78, 5) is 31.8. The summed E-state index contributed by atoms with van der Waals surface area (Å²) in [6, 6.07) is 5.76. The van der Waals surface area contributed by atoms with E-state index in [0.29, 0.717) is 5.75 Å². The topological polar surface area (TPSA) is 61.2 Å². The van der Waals surface area contributed by atoms with Gasteiger partial charge in [0.2, 0.25) is 0 Å². The average molecular weight is 382 g/mol. The summed E-state index contributed by atoms with van der Waals surface area (Å²) in [5.74, 6) is 0.266. The number of aryl methyl sites for hydroxylation is 5. The van der Waals surface area contributed by atoms with E-state index in [2.05, 4.69) is 4.98 Å². The third-order valence-electron chi connectivity index (χ3n) is 5.12. The Morgan fingerprint density at radius 3 is 2.74 bits per heavy atom. The zero-order valence-electron chi connectivity index (χ0n) is 15.6. The predicted octanol–water partition coefficient (Wildman–Crippen LogP) is 3.95. The second-order valence-electron chi connectivity index (χ2n) is 7.08. The van der Waals surface area contributed by atoms with E-state index in [-0.39, 0.29) is 24.5 Å². The van der Waals surface area contributed by atoms with E-state index in [4.69, 9.17) is 4.74 Å². The van der Waals surface area contributed by atoms with Gasteiger partial charge in [0.15, 0.2) is 0 Å². The zero-order chi connectivity index (χ0) is 19.0. The van der Waals surface area contributed by atoms with Crippen LogP contribution in [0.1, 0.15) is 40.8 Å². The Morgan fingerprint density at radius 2 is 1.96 bits per heavy atom. The third-order valence-corrected chi connectivity index (χ3v) is 6.32. The van der Waals surface area contributed by atoms with Crippen molar-refractivity contribution in [1.82, 2.24) is 9.55 Å². The van der Waals surface area contributed by atoms with Crippen LogP contribution in [0.5, 0.6) is 5.75 Å². The van der Waals surface area contributed by atoms with Crippen molar-refractivity contribution < 1.29 is 9.53 Å². The number of fused-ring (bicyclic) bond motifs is 3. The number of aromatic nitrogens is 2. The minimum atomic E-state index is -0.341. The van der Waals surface area contributed by atoms with E-state index >= 15 is 0 Å². The Kier molecular flexibility index (Phi) is 4.83. The van der Waals surface area contributed by atoms with E-state index < -0.39 is 0 Å². The lowest BCUT2D eigenvalue weighted by Crippen LogP contribution is -2.23. The van der Waals surface area contributed by atoms with Gasteiger partial charge < -0.3 is 4.74 Å². The largest absolute Gasteiger partial charge is 0.426 e.